The van der Waals surface area contributed by atoms with Crippen LogP contribution in [-0.4, -0.2) is 46.9 Å². The van der Waals surface area contributed by atoms with E-state index in [9.17, 15) is 14.4 Å². The summed E-state index contributed by atoms with van der Waals surface area (Å²) >= 11 is 0. The number of carboxylic acids is 1. The zero-order valence-corrected chi connectivity index (χ0v) is 9.68. The number of primary amides is 1. The van der Waals surface area contributed by atoms with Crippen LogP contribution in [0.3, 0.4) is 0 Å². The molecule has 7 heteroatoms. The Bertz CT molecular complexity index is 357. The molecule has 1 fully saturated rings. The average Bonchev–Trinajstić information content (AvgIpc) is 2.60. The lowest BCUT2D eigenvalue weighted by Gasteiger charge is -2.23. The van der Waals surface area contributed by atoms with Crippen molar-refractivity contribution in [2.75, 3.05) is 13.1 Å². The molecule has 0 aliphatic carbocycles. The van der Waals surface area contributed by atoms with Gasteiger partial charge in [0.05, 0.1) is 17.9 Å². The summed E-state index contributed by atoms with van der Waals surface area (Å²) in [6.45, 7) is 2.27. The number of carbonyl (C=O) groups is 3. The monoisotopic (exact) mass is 243 g/mol. The molecule has 2 unspecified atom stereocenters. The molecule has 0 radical (unpaired) electrons. The molecule has 1 aliphatic rings. The van der Waals surface area contributed by atoms with Gasteiger partial charge in [0.2, 0.25) is 11.8 Å². The molecule has 1 aliphatic heterocycles. The summed E-state index contributed by atoms with van der Waals surface area (Å²) in [4.78, 5) is 34.8. The number of nitrogens with two attached hydrogens (primary N) is 2. The van der Waals surface area contributed by atoms with E-state index >= 15 is 0 Å². The van der Waals surface area contributed by atoms with E-state index in [0.717, 1.165) is 0 Å². The third kappa shape index (κ3) is 2.94. The number of hydrogen-bond acceptors (Lipinski definition) is 4. The normalized spacial score (nSPS) is 25.6. The van der Waals surface area contributed by atoms with Crippen LogP contribution >= 0.6 is 0 Å². The summed E-state index contributed by atoms with van der Waals surface area (Å²) in [6, 6.07) is -1.07. The molecule has 0 aromatic carbocycles. The van der Waals surface area contributed by atoms with Crippen molar-refractivity contribution in [2.24, 2.45) is 16.9 Å². The van der Waals surface area contributed by atoms with Gasteiger partial charge in [-0.1, -0.05) is 0 Å². The lowest BCUT2D eigenvalue weighted by Crippen LogP contribution is -2.45. The van der Waals surface area contributed by atoms with Crippen LogP contribution < -0.4 is 11.5 Å². The highest BCUT2D eigenvalue weighted by Crippen LogP contribution is 2.29. The SMILES string of the molecule is CC1(C(N)=O)CCN(C(=O)C(N)CC(=O)O)C1. The summed E-state index contributed by atoms with van der Waals surface area (Å²) in [6.07, 6.45) is 0.0660. The van der Waals surface area contributed by atoms with Gasteiger partial charge in [-0.05, 0) is 13.3 Å². The third-order valence-corrected chi connectivity index (χ3v) is 3.09. The van der Waals surface area contributed by atoms with Gasteiger partial charge >= 0.3 is 5.97 Å². The fraction of sp³-hybridized carbons (Fsp3) is 0.700. The maximum absolute atomic E-state index is 11.8. The molecule has 0 aromatic rings. The first kappa shape index (κ1) is 13.4. The number of hydrogen-bond donors (Lipinski definition) is 3. The van der Waals surface area contributed by atoms with Gasteiger partial charge in [-0.3, -0.25) is 14.4 Å². The predicted octanol–water partition coefficient (Wildman–Crippen LogP) is -1.49. The van der Waals surface area contributed by atoms with E-state index in [1.54, 1.807) is 6.92 Å². The molecule has 17 heavy (non-hydrogen) atoms. The van der Waals surface area contributed by atoms with Crippen molar-refractivity contribution in [3.63, 3.8) is 0 Å². The molecule has 96 valence electrons. The number of amides is 2. The molecule has 2 amide bonds. The summed E-state index contributed by atoms with van der Waals surface area (Å²) < 4.78 is 0. The molecular weight excluding hydrogens is 226 g/mol. The number of nitrogens with zero attached hydrogens (tertiary/aromatic N) is 1. The van der Waals surface area contributed by atoms with Gasteiger partial charge < -0.3 is 21.5 Å². The van der Waals surface area contributed by atoms with E-state index in [1.165, 1.54) is 4.90 Å². The maximum Gasteiger partial charge on any atom is 0.305 e. The zero-order chi connectivity index (χ0) is 13.2. The lowest BCUT2D eigenvalue weighted by atomic mass is 9.89. The summed E-state index contributed by atoms with van der Waals surface area (Å²) in [5.74, 6) is -2.03. The number of carbonyl (C=O) groups excluding carboxylic acids is 2. The number of likely N-dealkylation sites (tertiary alicyclic amines) is 1. The van der Waals surface area contributed by atoms with Crippen LogP contribution in [-0.2, 0) is 14.4 Å². The lowest BCUT2D eigenvalue weighted by molar-refractivity contribution is -0.142. The van der Waals surface area contributed by atoms with Crippen molar-refractivity contribution >= 4 is 17.8 Å². The van der Waals surface area contributed by atoms with E-state index in [2.05, 4.69) is 0 Å². The summed E-state index contributed by atoms with van der Waals surface area (Å²) in [5.41, 5.74) is 9.99. The van der Waals surface area contributed by atoms with Crippen LogP contribution in [0.4, 0.5) is 0 Å². The second-order valence-corrected chi connectivity index (χ2v) is 4.64. The minimum atomic E-state index is -1.12. The Hall–Kier alpha value is -1.63. The fourth-order valence-corrected chi connectivity index (χ4v) is 1.86. The molecule has 1 saturated heterocycles. The molecule has 5 N–H and O–H groups in total. The fourth-order valence-electron chi connectivity index (χ4n) is 1.86. The summed E-state index contributed by atoms with van der Waals surface area (Å²) in [5, 5.41) is 8.54. The van der Waals surface area contributed by atoms with Gasteiger partial charge in [0.15, 0.2) is 0 Å². The first-order valence-electron chi connectivity index (χ1n) is 5.32. The largest absolute Gasteiger partial charge is 0.481 e. The van der Waals surface area contributed by atoms with E-state index in [-0.39, 0.29) is 6.54 Å². The first-order chi connectivity index (χ1) is 7.76. The Morgan fingerprint density at radius 1 is 1.47 bits per heavy atom. The van der Waals surface area contributed by atoms with Gasteiger partial charge in [-0.15, -0.1) is 0 Å². The van der Waals surface area contributed by atoms with Crippen molar-refractivity contribution in [3.05, 3.63) is 0 Å². The Balaban J connectivity index is 2.62. The number of aliphatic carboxylic acids is 1. The van der Waals surface area contributed by atoms with Crippen LogP contribution in [0, 0.1) is 5.41 Å². The highest BCUT2D eigenvalue weighted by molar-refractivity contribution is 5.88. The smallest absolute Gasteiger partial charge is 0.305 e. The van der Waals surface area contributed by atoms with Gasteiger partial charge in [0.25, 0.3) is 0 Å². The molecule has 2 atom stereocenters. The van der Waals surface area contributed by atoms with Gasteiger partial charge in [-0.2, -0.15) is 0 Å². The second-order valence-electron chi connectivity index (χ2n) is 4.64. The van der Waals surface area contributed by atoms with Gasteiger partial charge in [-0.25, -0.2) is 0 Å². The molecular formula is C10H17N3O4. The molecule has 1 heterocycles. The predicted molar refractivity (Wildman–Crippen MR) is 58.7 cm³/mol. The van der Waals surface area contributed by atoms with Crippen molar-refractivity contribution in [3.8, 4) is 0 Å². The van der Waals surface area contributed by atoms with Crippen molar-refractivity contribution in [1.29, 1.82) is 0 Å². The van der Waals surface area contributed by atoms with Crippen LogP contribution in [0.25, 0.3) is 0 Å². The highest BCUT2D eigenvalue weighted by atomic mass is 16.4. The van der Waals surface area contributed by atoms with Crippen molar-refractivity contribution < 1.29 is 19.5 Å². The van der Waals surface area contributed by atoms with Gasteiger partial charge in [0.1, 0.15) is 0 Å². The minimum absolute atomic E-state index is 0.203. The molecule has 0 aromatic heterocycles. The molecule has 0 spiro atoms. The quantitative estimate of drug-likeness (QED) is 0.554. The Labute approximate surface area is 98.7 Å². The molecule has 7 nitrogen and oxygen atoms in total. The second kappa shape index (κ2) is 4.70. The number of rotatable bonds is 4. The topological polar surface area (TPSA) is 127 Å². The van der Waals surface area contributed by atoms with Gasteiger partial charge in [0, 0.05) is 13.1 Å². The zero-order valence-electron chi connectivity index (χ0n) is 9.68. The van der Waals surface area contributed by atoms with E-state index in [1.807, 2.05) is 0 Å². The standard InChI is InChI=1S/C10H17N3O4/c1-10(9(12)17)2-3-13(5-10)8(16)6(11)4-7(14)15/h6H,2-5,11H2,1H3,(H2,12,17)(H,14,15). The third-order valence-electron chi connectivity index (χ3n) is 3.09. The summed E-state index contributed by atoms with van der Waals surface area (Å²) in [7, 11) is 0. The maximum atomic E-state index is 11.8. The van der Waals surface area contributed by atoms with E-state index in [4.69, 9.17) is 16.6 Å². The minimum Gasteiger partial charge on any atom is -0.481 e. The Morgan fingerprint density at radius 2 is 2.06 bits per heavy atom. The molecule has 1 rings (SSSR count). The highest BCUT2D eigenvalue weighted by Gasteiger charge is 2.41. The number of carboxylic acid groups (broad SMARTS) is 1. The van der Waals surface area contributed by atoms with Crippen LogP contribution in [0.1, 0.15) is 19.8 Å². The van der Waals surface area contributed by atoms with Crippen molar-refractivity contribution in [1.82, 2.24) is 4.90 Å². The average molecular weight is 243 g/mol. The molecule has 0 saturated carbocycles. The van der Waals surface area contributed by atoms with Crippen LogP contribution in [0.2, 0.25) is 0 Å². The van der Waals surface area contributed by atoms with Crippen LogP contribution in [0.15, 0.2) is 0 Å². The van der Waals surface area contributed by atoms with E-state index in [0.29, 0.717) is 13.0 Å². The first-order valence-corrected chi connectivity index (χ1v) is 5.32. The Morgan fingerprint density at radius 3 is 2.47 bits per heavy atom. The Kier molecular flexibility index (Phi) is 3.72. The van der Waals surface area contributed by atoms with E-state index < -0.39 is 35.7 Å². The van der Waals surface area contributed by atoms with Crippen LogP contribution in [0.5, 0.6) is 0 Å². The van der Waals surface area contributed by atoms with Crippen molar-refractivity contribution in [2.45, 2.75) is 25.8 Å². The molecule has 0 bridgehead atoms.